The van der Waals surface area contributed by atoms with Gasteiger partial charge in [0.05, 0.1) is 19.3 Å². The molecule has 2 aromatic heterocycles. The number of hydrogen-bond donors (Lipinski definition) is 3. The highest BCUT2D eigenvalue weighted by atomic mass is 32.1. The molecule has 108 valence electrons. The van der Waals surface area contributed by atoms with Crippen LogP contribution in [0, 0.1) is 4.64 Å². The summed E-state index contributed by atoms with van der Waals surface area (Å²) in [5.74, 6) is 0. The van der Waals surface area contributed by atoms with Crippen molar-refractivity contribution in [3.8, 4) is 0 Å². The van der Waals surface area contributed by atoms with E-state index >= 15 is 0 Å². The van der Waals surface area contributed by atoms with Crippen molar-refractivity contribution in [2.75, 3.05) is 6.61 Å². The van der Waals surface area contributed by atoms with Crippen molar-refractivity contribution in [3.05, 3.63) is 17.3 Å². The van der Waals surface area contributed by atoms with Crippen LogP contribution in [-0.4, -0.2) is 59.3 Å². The number of ether oxygens (including phenoxy) is 1. The predicted molar refractivity (Wildman–Crippen MR) is 70.3 cm³/mol. The van der Waals surface area contributed by atoms with Gasteiger partial charge in [-0.25, -0.2) is 9.97 Å². The molecule has 2 aromatic rings. The molecule has 20 heavy (non-hydrogen) atoms. The van der Waals surface area contributed by atoms with Crippen LogP contribution in [-0.2, 0) is 11.8 Å². The van der Waals surface area contributed by atoms with Crippen LogP contribution in [0.5, 0.6) is 0 Å². The molecule has 0 bridgehead atoms. The average Bonchev–Trinajstić information content (AvgIpc) is 2.98. The number of aliphatic hydroxyl groups excluding tert-OH is 3. The molecule has 0 aliphatic carbocycles. The standard InChI is InChI=1S/C11H14N4O4S/c1-14-3-13-9-6(11(14)20)12-4-15(9)10-8(18)7(17)5(2-16)19-10/h3-5,7-8,10,16-18H,2H2,1H3/t5-,7+,8+,10+/m0/s1. The second kappa shape index (κ2) is 4.86. The zero-order valence-corrected chi connectivity index (χ0v) is 11.4. The monoisotopic (exact) mass is 298 g/mol. The molecule has 0 unspecified atom stereocenters. The first-order chi connectivity index (χ1) is 9.54. The van der Waals surface area contributed by atoms with Gasteiger partial charge in [0.15, 0.2) is 11.9 Å². The Labute approximate surface area is 118 Å². The molecular weight excluding hydrogens is 284 g/mol. The van der Waals surface area contributed by atoms with Gasteiger partial charge in [-0.2, -0.15) is 0 Å². The summed E-state index contributed by atoms with van der Waals surface area (Å²) >= 11 is 5.24. The summed E-state index contributed by atoms with van der Waals surface area (Å²) in [5.41, 5.74) is 0.977. The highest BCUT2D eigenvalue weighted by Crippen LogP contribution is 2.31. The molecule has 1 aliphatic heterocycles. The minimum Gasteiger partial charge on any atom is -0.394 e. The quantitative estimate of drug-likeness (QED) is 0.618. The highest BCUT2D eigenvalue weighted by Gasteiger charge is 2.43. The van der Waals surface area contributed by atoms with E-state index in [1.165, 1.54) is 10.9 Å². The van der Waals surface area contributed by atoms with Crippen LogP contribution in [0.1, 0.15) is 6.23 Å². The third-order valence-corrected chi connectivity index (χ3v) is 3.92. The number of hydrogen-bond acceptors (Lipinski definition) is 7. The van der Waals surface area contributed by atoms with Crippen molar-refractivity contribution >= 4 is 23.4 Å². The van der Waals surface area contributed by atoms with Crippen LogP contribution in [0.25, 0.3) is 11.2 Å². The van der Waals surface area contributed by atoms with E-state index in [-0.39, 0.29) is 6.61 Å². The molecule has 0 radical (unpaired) electrons. The van der Waals surface area contributed by atoms with E-state index in [9.17, 15) is 10.2 Å². The van der Waals surface area contributed by atoms with E-state index in [1.807, 2.05) is 0 Å². The normalized spacial score (nSPS) is 30.2. The molecule has 3 heterocycles. The van der Waals surface area contributed by atoms with Crippen molar-refractivity contribution < 1.29 is 20.1 Å². The average molecular weight is 298 g/mol. The largest absolute Gasteiger partial charge is 0.394 e. The first kappa shape index (κ1) is 13.6. The summed E-state index contributed by atoms with van der Waals surface area (Å²) in [6.45, 7) is -0.379. The van der Waals surface area contributed by atoms with Crippen molar-refractivity contribution in [2.45, 2.75) is 24.5 Å². The third kappa shape index (κ3) is 1.86. The summed E-state index contributed by atoms with van der Waals surface area (Å²) in [4.78, 5) is 8.39. The molecular formula is C11H14N4O4S. The van der Waals surface area contributed by atoms with Crippen LogP contribution >= 0.6 is 12.2 Å². The van der Waals surface area contributed by atoms with Crippen LogP contribution < -0.4 is 0 Å². The van der Waals surface area contributed by atoms with Crippen molar-refractivity contribution in [3.63, 3.8) is 0 Å². The predicted octanol–water partition coefficient (Wildman–Crippen LogP) is -0.889. The molecule has 1 aliphatic rings. The maximum absolute atomic E-state index is 10.0. The Hall–Kier alpha value is -1.39. The number of nitrogens with zero attached hydrogens (tertiary/aromatic N) is 4. The van der Waals surface area contributed by atoms with Gasteiger partial charge in [-0.3, -0.25) is 4.57 Å². The first-order valence-electron chi connectivity index (χ1n) is 6.05. The van der Waals surface area contributed by atoms with Crippen molar-refractivity contribution in [2.24, 2.45) is 7.05 Å². The molecule has 4 atom stereocenters. The molecule has 1 saturated heterocycles. The fourth-order valence-corrected chi connectivity index (χ4v) is 2.48. The number of fused-ring (bicyclic) bond motifs is 1. The second-order valence-electron chi connectivity index (χ2n) is 4.71. The van der Waals surface area contributed by atoms with Crippen LogP contribution in [0.2, 0.25) is 0 Å². The molecule has 1 fully saturated rings. The number of aryl methyl sites for hydroxylation is 1. The van der Waals surface area contributed by atoms with Crippen molar-refractivity contribution in [1.82, 2.24) is 19.1 Å². The summed E-state index contributed by atoms with van der Waals surface area (Å²) in [6.07, 6.45) is -1.03. The van der Waals surface area contributed by atoms with Crippen LogP contribution in [0.4, 0.5) is 0 Å². The SMILES string of the molecule is Cn1cnc2c(ncn2[C@@H]2O[C@@H](CO)[C@@H](O)[C@H]2O)c1=S. The van der Waals surface area contributed by atoms with Gasteiger partial charge >= 0.3 is 0 Å². The Morgan fingerprint density at radius 2 is 2.05 bits per heavy atom. The Balaban J connectivity index is 2.08. The topological polar surface area (TPSA) is 106 Å². The van der Waals surface area contributed by atoms with Gasteiger partial charge in [0.1, 0.15) is 28.5 Å². The Kier molecular flexibility index (Phi) is 3.30. The second-order valence-corrected chi connectivity index (χ2v) is 5.10. The summed E-state index contributed by atoms with van der Waals surface area (Å²) in [7, 11) is 1.76. The Bertz CT molecular complexity index is 699. The summed E-state index contributed by atoms with van der Waals surface area (Å²) in [6, 6.07) is 0. The molecule has 8 nitrogen and oxygen atoms in total. The first-order valence-corrected chi connectivity index (χ1v) is 6.46. The van der Waals surface area contributed by atoms with E-state index < -0.39 is 24.5 Å². The minimum absolute atomic E-state index is 0.379. The smallest absolute Gasteiger partial charge is 0.166 e. The molecule has 3 rings (SSSR count). The minimum atomic E-state index is -1.17. The Morgan fingerprint density at radius 3 is 2.70 bits per heavy atom. The number of aliphatic hydroxyl groups is 3. The van der Waals surface area contributed by atoms with Gasteiger partial charge in [-0.1, -0.05) is 12.2 Å². The summed E-state index contributed by atoms with van der Waals surface area (Å²) < 4.78 is 9.13. The summed E-state index contributed by atoms with van der Waals surface area (Å²) in [5, 5.41) is 28.9. The Morgan fingerprint density at radius 1 is 1.30 bits per heavy atom. The zero-order chi connectivity index (χ0) is 14.4. The maximum Gasteiger partial charge on any atom is 0.166 e. The number of imidazole rings is 1. The lowest BCUT2D eigenvalue weighted by Crippen LogP contribution is -2.33. The van der Waals surface area contributed by atoms with Crippen LogP contribution in [0.15, 0.2) is 12.7 Å². The fraction of sp³-hybridized carbons (Fsp3) is 0.545. The van der Waals surface area contributed by atoms with Gasteiger partial charge in [0.25, 0.3) is 0 Å². The number of rotatable bonds is 2. The van der Waals surface area contributed by atoms with Gasteiger partial charge < -0.3 is 24.6 Å². The van der Waals surface area contributed by atoms with E-state index in [2.05, 4.69) is 9.97 Å². The molecule has 9 heteroatoms. The van der Waals surface area contributed by atoms with E-state index in [4.69, 9.17) is 22.1 Å². The van der Waals surface area contributed by atoms with Gasteiger partial charge in [0, 0.05) is 7.05 Å². The van der Waals surface area contributed by atoms with Gasteiger partial charge in [-0.15, -0.1) is 0 Å². The molecule has 0 amide bonds. The van der Waals surface area contributed by atoms with Gasteiger partial charge in [-0.05, 0) is 0 Å². The molecule has 0 aromatic carbocycles. The maximum atomic E-state index is 10.0. The lowest BCUT2D eigenvalue weighted by Gasteiger charge is -2.16. The van der Waals surface area contributed by atoms with Crippen molar-refractivity contribution in [1.29, 1.82) is 0 Å². The fourth-order valence-electron chi connectivity index (χ4n) is 2.29. The lowest BCUT2D eigenvalue weighted by molar-refractivity contribution is -0.0511. The van der Waals surface area contributed by atoms with E-state index in [0.717, 1.165) is 0 Å². The zero-order valence-electron chi connectivity index (χ0n) is 10.6. The molecule has 0 saturated carbocycles. The van der Waals surface area contributed by atoms with Crippen LogP contribution in [0.3, 0.4) is 0 Å². The number of aromatic nitrogens is 4. The third-order valence-electron chi connectivity index (χ3n) is 3.44. The lowest BCUT2D eigenvalue weighted by atomic mass is 10.1. The van der Waals surface area contributed by atoms with E-state index in [0.29, 0.717) is 15.8 Å². The molecule has 0 spiro atoms. The molecule has 3 N–H and O–H groups in total. The van der Waals surface area contributed by atoms with Gasteiger partial charge in [0.2, 0.25) is 0 Å². The van der Waals surface area contributed by atoms with E-state index in [1.54, 1.807) is 17.9 Å². The highest BCUT2D eigenvalue weighted by molar-refractivity contribution is 7.71.